The van der Waals surface area contributed by atoms with Gasteiger partial charge in [-0.3, -0.25) is 9.78 Å². The van der Waals surface area contributed by atoms with Gasteiger partial charge in [-0.2, -0.15) is 0 Å². The smallest absolute Gasteiger partial charge is 0.287 e. The summed E-state index contributed by atoms with van der Waals surface area (Å²) in [4.78, 5) is 22.8. The van der Waals surface area contributed by atoms with Crippen molar-refractivity contribution in [2.75, 3.05) is 5.32 Å². The third-order valence-corrected chi connectivity index (χ3v) is 3.29. The van der Waals surface area contributed by atoms with Crippen LogP contribution in [-0.4, -0.2) is 20.9 Å². The molecule has 1 aromatic carbocycles. The van der Waals surface area contributed by atoms with Crippen LogP contribution >= 0.6 is 0 Å². The number of amides is 1. The van der Waals surface area contributed by atoms with Crippen molar-refractivity contribution in [3.8, 4) is 0 Å². The molecular formula is C17H17N5O. The van der Waals surface area contributed by atoms with Gasteiger partial charge in [0.1, 0.15) is 0 Å². The van der Waals surface area contributed by atoms with Crippen molar-refractivity contribution in [3.63, 3.8) is 0 Å². The molecule has 0 aliphatic rings. The number of hydrogen-bond acceptors (Lipinski definition) is 4. The number of aryl methyl sites for hydroxylation is 1. The standard InChI is InChI=1S/C17H17N5O/c1-12-10-19-16(21-12)17(23)20-11-13-2-4-14(5-3-13)22-15-6-8-18-9-7-15/h2-10H,11H2,1H3,(H,18,22)(H,19,21)(H,20,23). The summed E-state index contributed by atoms with van der Waals surface area (Å²) in [5.74, 6) is 0.121. The normalized spacial score (nSPS) is 10.3. The summed E-state index contributed by atoms with van der Waals surface area (Å²) in [5.41, 5.74) is 3.84. The molecule has 3 aromatic rings. The van der Waals surface area contributed by atoms with Crippen LogP contribution in [0.2, 0.25) is 0 Å². The molecule has 116 valence electrons. The molecule has 0 aliphatic heterocycles. The van der Waals surface area contributed by atoms with Gasteiger partial charge in [0.25, 0.3) is 5.91 Å². The van der Waals surface area contributed by atoms with Gasteiger partial charge in [0.15, 0.2) is 5.82 Å². The number of carbonyl (C=O) groups is 1. The van der Waals surface area contributed by atoms with Crippen LogP contribution in [0.1, 0.15) is 21.9 Å². The Balaban J connectivity index is 1.56. The zero-order valence-corrected chi connectivity index (χ0v) is 12.7. The molecule has 0 bridgehead atoms. The number of carbonyl (C=O) groups excluding carboxylic acids is 1. The SMILES string of the molecule is Cc1cnc(C(=O)NCc2ccc(Nc3ccncc3)cc2)[nH]1. The highest BCUT2D eigenvalue weighted by Gasteiger charge is 2.08. The number of anilines is 2. The first-order valence-corrected chi connectivity index (χ1v) is 7.26. The Bertz CT molecular complexity index is 780. The minimum atomic E-state index is -0.211. The van der Waals surface area contributed by atoms with Gasteiger partial charge in [-0.05, 0) is 36.8 Å². The zero-order valence-electron chi connectivity index (χ0n) is 12.7. The predicted octanol–water partition coefficient (Wildman–Crippen LogP) is 2.79. The first-order valence-electron chi connectivity index (χ1n) is 7.26. The van der Waals surface area contributed by atoms with Crippen LogP contribution in [0.5, 0.6) is 0 Å². The summed E-state index contributed by atoms with van der Waals surface area (Å²) in [7, 11) is 0. The number of benzene rings is 1. The fraction of sp³-hybridized carbons (Fsp3) is 0.118. The Morgan fingerprint density at radius 1 is 1.09 bits per heavy atom. The van der Waals surface area contributed by atoms with Crippen molar-refractivity contribution in [2.45, 2.75) is 13.5 Å². The van der Waals surface area contributed by atoms with E-state index in [2.05, 4.69) is 25.6 Å². The highest BCUT2D eigenvalue weighted by Crippen LogP contribution is 2.16. The van der Waals surface area contributed by atoms with Crippen molar-refractivity contribution in [2.24, 2.45) is 0 Å². The van der Waals surface area contributed by atoms with Gasteiger partial charge in [-0.1, -0.05) is 12.1 Å². The summed E-state index contributed by atoms with van der Waals surface area (Å²) >= 11 is 0. The number of hydrogen-bond donors (Lipinski definition) is 3. The molecule has 0 saturated heterocycles. The second-order valence-corrected chi connectivity index (χ2v) is 5.16. The molecule has 0 spiro atoms. The average Bonchev–Trinajstić information content (AvgIpc) is 3.01. The second-order valence-electron chi connectivity index (χ2n) is 5.16. The lowest BCUT2D eigenvalue weighted by molar-refractivity contribution is 0.0941. The van der Waals surface area contributed by atoms with Crippen LogP contribution in [0.4, 0.5) is 11.4 Å². The number of imidazole rings is 1. The molecular weight excluding hydrogens is 290 g/mol. The first kappa shape index (κ1) is 14.8. The number of rotatable bonds is 5. The molecule has 6 heteroatoms. The summed E-state index contributed by atoms with van der Waals surface area (Å²) in [5, 5.41) is 6.12. The van der Waals surface area contributed by atoms with Crippen LogP contribution < -0.4 is 10.6 Å². The number of aromatic nitrogens is 3. The van der Waals surface area contributed by atoms with Gasteiger partial charge in [-0.25, -0.2) is 4.98 Å². The summed E-state index contributed by atoms with van der Waals surface area (Å²) < 4.78 is 0. The molecule has 2 aromatic heterocycles. The van der Waals surface area contributed by atoms with E-state index < -0.39 is 0 Å². The Hall–Kier alpha value is -3.15. The maximum Gasteiger partial charge on any atom is 0.287 e. The Morgan fingerprint density at radius 3 is 2.43 bits per heavy atom. The van der Waals surface area contributed by atoms with Crippen molar-refractivity contribution >= 4 is 17.3 Å². The van der Waals surface area contributed by atoms with E-state index in [0.29, 0.717) is 12.4 Å². The molecule has 0 radical (unpaired) electrons. The molecule has 0 unspecified atom stereocenters. The van der Waals surface area contributed by atoms with E-state index in [-0.39, 0.29) is 5.91 Å². The number of aromatic amines is 1. The van der Waals surface area contributed by atoms with Gasteiger partial charge < -0.3 is 15.6 Å². The highest BCUT2D eigenvalue weighted by molar-refractivity contribution is 5.90. The Kier molecular flexibility index (Phi) is 4.33. The van der Waals surface area contributed by atoms with E-state index in [9.17, 15) is 4.79 Å². The maximum absolute atomic E-state index is 11.9. The lowest BCUT2D eigenvalue weighted by Crippen LogP contribution is -2.23. The van der Waals surface area contributed by atoms with Crippen LogP contribution in [-0.2, 0) is 6.54 Å². The second kappa shape index (κ2) is 6.74. The largest absolute Gasteiger partial charge is 0.355 e. The highest BCUT2D eigenvalue weighted by atomic mass is 16.2. The lowest BCUT2D eigenvalue weighted by atomic mass is 10.2. The van der Waals surface area contributed by atoms with Gasteiger partial charge in [-0.15, -0.1) is 0 Å². The van der Waals surface area contributed by atoms with Gasteiger partial charge in [0.2, 0.25) is 0 Å². The molecule has 0 aliphatic carbocycles. The fourth-order valence-corrected chi connectivity index (χ4v) is 2.10. The predicted molar refractivity (Wildman–Crippen MR) is 88.5 cm³/mol. The number of nitrogens with zero attached hydrogens (tertiary/aromatic N) is 2. The summed E-state index contributed by atoms with van der Waals surface area (Å²) in [6, 6.07) is 11.7. The maximum atomic E-state index is 11.9. The van der Waals surface area contributed by atoms with Crippen molar-refractivity contribution in [1.29, 1.82) is 0 Å². The van der Waals surface area contributed by atoms with Crippen LogP contribution in [0.25, 0.3) is 0 Å². The molecule has 2 heterocycles. The lowest BCUT2D eigenvalue weighted by Gasteiger charge is -2.08. The quantitative estimate of drug-likeness (QED) is 0.677. The fourth-order valence-electron chi connectivity index (χ4n) is 2.10. The van der Waals surface area contributed by atoms with Gasteiger partial charge in [0.05, 0.1) is 0 Å². The van der Waals surface area contributed by atoms with Crippen LogP contribution in [0.3, 0.4) is 0 Å². The van der Waals surface area contributed by atoms with Crippen LogP contribution in [0, 0.1) is 6.92 Å². The number of pyridine rings is 1. The van der Waals surface area contributed by atoms with Crippen molar-refractivity contribution in [1.82, 2.24) is 20.3 Å². The van der Waals surface area contributed by atoms with E-state index in [1.54, 1.807) is 18.6 Å². The zero-order chi connectivity index (χ0) is 16.1. The Labute approximate surface area is 134 Å². The average molecular weight is 307 g/mol. The number of H-pyrrole nitrogens is 1. The van der Waals surface area contributed by atoms with Crippen molar-refractivity contribution in [3.05, 3.63) is 72.1 Å². The minimum Gasteiger partial charge on any atom is -0.355 e. The molecule has 6 nitrogen and oxygen atoms in total. The molecule has 3 rings (SSSR count). The third-order valence-electron chi connectivity index (χ3n) is 3.29. The first-order chi connectivity index (χ1) is 11.2. The van der Waals surface area contributed by atoms with Gasteiger partial charge >= 0.3 is 0 Å². The van der Waals surface area contributed by atoms with Crippen molar-refractivity contribution < 1.29 is 4.79 Å². The van der Waals surface area contributed by atoms with E-state index >= 15 is 0 Å². The summed E-state index contributed by atoms with van der Waals surface area (Å²) in [6.07, 6.45) is 5.11. The molecule has 0 atom stereocenters. The van der Waals surface area contributed by atoms with E-state index in [4.69, 9.17) is 0 Å². The molecule has 0 fully saturated rings. The molecule has 0 saturated carbocycles. The van der Waals surface area contributed by atoms with E-state index in [0.717, 1.165) is 22.6 Å². The summed E-state index contributed by atoms with van der Waals surface area (Å²) in [6.45, 7) is 2.31. The molecule has 3 N–H and O–H groups in total. The Morgan fingerprint density at radius 2 is 1.78 bits per heavy atom. The minimum absolute atomic E-state index is 0.211. The van der Waals surface area contributed by atoms with E-state index in [1.165, 1.54) is 0 Å². The third kappa shape index (κ3) is 3.94. The van der Waals surface area contributed by atoms with Crippen LogP contribution in [0.15, 0.2) is 55.0 Å². The monoisotopic (exact) mass is 307 g/mol. The van der Waals surface area contributed by atoms with Gasteiger partial charge in [0, 0.05) is 42.2 Å². The number of nitrogens with one attached hydrogen (secondary N) is 3. The molecule has 1 amide bonds. The van der Waals surface area contributed by atoms with E-state index in [1.807, 2.05) is 43.3 Å². The topological polar surface area (TPSA) is 82.7 Å². The molecule has 23 heavy (non-hydrogen) atoms.